The number of hydrogen-bond donors (Lipinski definition) is 0. The number of anilines is 6. The molecule has 0 radical (unpaired) electrons. The van der Waals surface area contributed by atoms with Crippen LogP contribution in [0, 0.1) is 0 Å². The second kappa shape index (κ2) is 15.7. The molecule has 3 heteroatoms. The van der Waals surface area contributed by atoms with Crippen LogP contribution in [0.4, 0.5) is 34.1 Å². The predicted molar refractivity (Wildman–Crippen MR) is 293 cm³/mol. The van der Waals surface area contributed by atoms with Crippen molar-refractivity contribution in [2.24, 2.45) is 0 Å². The zero-order valence-corrected chi connectivity index (χ0v) is 37.7. The van der Waals surface area contributed by atoms with Gasteiger partial charge in [-0.25, -0.2) is 0 Å². The molecule has 3 nitrogen and oxygen atoms in total. The molecule has 0 aliphatic carbocycles. The van der Waals surface area contributed by atoms with Gasteiger partial charge in [0.15, 0.2) is 0 Å². The number of hydrogen-bond acceptors (Lipinski definition) is 2. The Hall–Kier alpha value is -9.18. The molecule has 1 aromatic heterocycles. The largest absolute Gasteiger partial charge is 0.310 e. The van der Waals surface area contributed by atoms with E-state index in [0.717, 1.165) is 34.0 Å². The van der Waals surface area contributed by atoms with Gasteiger partial charge < -0.3 is 14.4 Å². The molecule has 0 unspecified atom stereocenters. The minimum Gasteiger partial charge on any atom is -0.310 e. The molecular weight excluding hydrogens is 835 g/mol. The lowest BCUT2D eigenvalue weighted by atomic mass is 9.90. The van der Waals surface area contributed by atoms with Crippen LogP contribution in [0.1, 0.15) is 0 Å². The van der Waals surface area contributed by atoms with Crippen LogP contribution >= 0.6 is 0 Å². The molecule has 1 aliphatic heterocycles. The topological polar surface area (TPSA) is 11.4 Å². The van der Waals surface area contributed by atoms with Gasteiger partial charge in [-0.3, -0.25) is 0 Å². The molecule has 0 fully saturated rings. The Labute approximate surface area is 400 Å². The summed E-state index contributed by atoms with van der Waals surface area (Å²) in [6.07, 6.45) is 0. The maximum atomic E-state index is 2.45. The first-order chi connectivity index (χ1) is 34.2. The van der Waals surface area contributed by atoms with E-state index >= 15 is 0 Å². The van der Waals surface area contributed by atoms with E-state index in [1.165, 1.54) is 93.3 Å². The van der Waals surface area contributed by atoms with Crippen LogP contribution in [0.25, 0.3) is 93.2 Å². The molecule has 322 valence electrons. The third-order valence-electron chi connectivity index (χ3n) is 14.3. The molecule has 14 rings (SSSR count). The molecule has 13 aromatic rings. The van der Waals surface area contributed by atoms with Crippen molar-refractivity contribution in [3.05, 3.63) is 261 Å². The van der Waals surface area contributed by atoms with Gasteiger partial charge in [0.05, 0.1) is 28.1 Å². The lowest BCUT2D eigenvalue weighted by molar-refractivity contribution is 1.20. The number of fused-ring (bicyclic) bond motifs is 7. The quantitative estimate of drug-likeness (QED) is 0.158. The summed E-state index contributed by atoms with van der Waals surface area (Å²) in [6.45, 7) is 0. The second-order valence-corrected chi connectivity index (χ2v) is 18.1. The Kier molecular flexibility index (Phi) is 8.90. The van der Waals surface area contributed by atoms with Gasteiger partial charge in [0, 0.05) is 49.9 Å². The first-order valence-electron chi connectivity index (χ1n) is 23.7. The molecule has 2 heterocycles. The standard InChI is InChI=1S/C66H43N3/c1-2-19-52(20-3-1)68-63-26-12-18-48-17-10-23-60(66(48)63)59-40-38-55(43-65(59)68)67(53-34-29-45(30-35-53)50-28-27-44-13-4-5-15-49(44)41-50)54-36-31-46(32-37-54)51-33-39-58-57-22-8-9-24-62(57)69(64(58)42-51)61-25-11-16-47-14-6-7-21-56(47)61/h1-43H. The Balaban J connectivity index is 0.914. The number of rotatable bonds is 7. The molecule has 0 amide bonds. The van der Waals surface area contributed by atoms with Gasteiger partial charge in [0.25, 0.3) is 0 Å². The van der Waals surface area contributed by atoms with Crippen LogP contribution in [-0.4, -0.2) is 4.57 Å². The fraction of sp³-hybridized carbons (Fsp3) is 0. The summed E-state index contributed by atoms with van der Waals surface area (Å²) in [5.41, 5.74) is 17.5. The Bertz CT molecular complexity index is 4120. The molecule has 1 aliphatic rings. The van der Waals surface area contributed by atoms with Crippen molar-refractivity contribution in [2.45, 2.75) is 0 Å². The number of aromatic nitrogens is 1. The van der Waals surface area contributed by atoms with Gasteiger partial charge in [-0.05, 0) is 128 Å². The highest BCUT2D eigenvalue weighted by Crippen LogP contribution is 2.53. The molecule has 0 saturated carbocycles. The molecule has 0 spiro atoms. The second-order valence-electron chi connectivity index (χ2n) is 18.1. The van der Waals surface area contributed by atoms with Crippen LogP contribution < -0.4 is 9.80 Å². The molecule has 12 aromatic carbocycles. The van der Waals surface area contributed by atoms with E-state index in [4.69, 9.17) is 0 Å². The smallest absolute Gasteiger partial charge is 0.0561 e. The van der Waals surface area contributed by atoms with E-state index in [2.05, 4.69) is 275 Å². The van der Waals surface area contributed by atoms with Crippen LogP contribution in [0.3, 0.4) is 0 Å². The molecule has 0 atom stereocenters. The summed E-state index contributed by atoms with van der Waals surface area (Å²) >= 11 is 0. The summed E-state index contributed by atoms with van der Waals surface area (Å²) in [6, 6.07) is 95.6. The van der Waals surface area contributed by atoms with E-state index in [-0.39, 0.29) is 0 Å². The van der Waals surface area contributed by atoms with Crippen molar-refractivity contribution in [2.75, 3.05) is 9.80 Å². The number of para-hydroxylation sites is 2. The predicted octanol–water partition coefficient (Wildman–Crippen LogP) is 18.5. The van der Waals surface area contributed by atoms with Gasteiger partial charge in [-0.15, -0.1) is 0 Å². The highest BCUT2D eigenvalue weighted by atomic mass is 15.2. The molecule has 0 N–H and O–H groups in total. The highest BCUT2D eigenvalue weighted by molar-refractivity contribution is 6.15. The van der Waals surface area contributed by atoms with Crippen LogP contribution in [0.5, 0.6) is 0 Å². The maximum Gasteiger partial charge on any atom is 0.0561 e. The highest BCUT2D eigenvalue weighted by Gasteiger charge is 2.27. The van der Waals surface area contributed by atoms with Crippen molar-refractivity contribution >= 4 is 88.2 Å². The van der Waals surface area contributed by atoms with Crippen molar-refractivity contribution in [3.8, 4) is 39.1 Å². The van der Waals surface area contributed by atoms with Crippen LogP contribution in [0.2, 0.25) is 0 Å². The van der Waals surface area contributed by atoms with Crippen molar-refractivity contribution in [1.82, 2.24) is 4.57 Å². The minimum atomic E-state index is 1.08. The lowest BCUT2D eigenvalue weighted by Gasteiger charge is -2.35. The van der Waals surface area contributed by atoms with E-state index in [9.17, 15) is 0 Å². The number of nitrogens with zero attached hydrogens (tertiary/aromatic N) is 3. The summed E-state index contributed by atoms with van der Waals surface area (Å²) in [5.74, 6) is 0. The maximum absolute atomic E-state index is 2.45. The van der Waals surface area contributed by atoms with E-state index in [0.29, 0.717) is 0 Å². The van der Waals surface area contributed by atoms with Crippen molar-refractivity contribution in [3.63, 3.8) is 0 Å². The average Bonchev–Trinajstić information content (AvgIpc) is 3.75. The summed E-state index contributed by atoms with van der Waals surface area (Å²) in [7, 11) is 0. The fourth-order valence-corrected chi connectivity index (χ4v) is 11.0. The molecule has 69 heavy (non-hydrogen) atoms. The van der Waals surface area contributed by atoms with E-state index in [1.54, 1.807) is 0 Å². The zero-order chi connectivity index (χ0) is 45.4. The lowest BCUT2D eigenvalue weighted by Crippen LogP contribution is -2.16. The first-order valence-corrected chi connectivity index (χ1v) is 23.7. The van der Waals surface area contributed by atoms with Gasteiger partial charge in [0.1, 0.15) is 0 Å². The average molecular weight is 878 g/mol. The van der Waals surface area contributed by atoms with Crippen molar-refractivity contribution < 1.29 is 0 Å². The Morgan fingerprint density at radius 3 is 1.62 bits per heavy atom. The van der Waals surface area contributed by atoms with Gasteiger partial charge in [0.2, 0.25) is 0 Å². The first kappa shape index (κ1) is 39.0. The Morgan fingerprint density at radius 1 is 0.275 bits per heavy atom. The van der Waals surface area contributed by atoms with Crippen LogP contribution in [0.15, 0.2) is 261 Å². The molecule has 0 bridgehead atoms. The SMILES string of the molecule is c1ccc(N2c3cc(N(c4ccc(-c5ccc6ccccc6c5)cc4)c4ccc(-c5ccc6c7ccccc7n(-c7cccc8ccccc78)c6c5)cc4)ccc3-c3cccc4cccc2c34)cc1. The van der Waals surface area contributed by atoms with E-state index < -0.39 is 0 Å². The van der Waals surface area contributed by atoms with Gasteiger partial charge in [-0.2, -0.15) is 0 Å². The van der Waals surface area contributed by atoms with Gasteiger partial charge in [-0.1, -0.05) is 182 Å². The minimum absolute atomic E-state index is 1.08. The summed E-state index contributed by atoms with van der Waals surface area (Å²) < 4.78 is 2.45. The third kappa shape index (κ3) is 6.36. The van der Waals surface area contributed by atoms with Gasteiger partial charge >= 0.3 is 0 Å². The van der Waals surface area contributed by atoms with Crippen molar-refractivity contribution in [1.29, 1.82) is 0 Å². The van der Waals surface area contributed by atoms with Crippen LogP contribution in [-0.2, 0) is 0 Å². The summed E-state index contributed by atoms with van der Waals surface area (Å²) in [4.78, 5) is 4.84. The molecule has 0 saturated heterocycles. The zero-order valence-electron chi connectivity index (χ0n) is 37.7. The molecular formula is C66H43N3. The third-order valence-corrected chi connectivity index (χ3v) is 14.3. The summed E-state index contributed by atoms with van der Waals surface area (Å²) in [5, 5.41) is 9.96. The monoisotopic (exact) mass is 877 g/mol. The normalized spacial score (nSPS) is 12.0. The fourth-order valence-electron chi connectivity index (χ4n) is 11.0. The number of benzene rings is 12. The Morgan fingerprint density at radius 2 is 0.841 bits per heavy atom. The van der Waals surface area contributed by atoms with E-state index in [1.807, 2.05) is 0 Å².